The fraction of sp³-hybridized carbons (Fsp3) is 1.00. The van der Waals surface area contributed by atoms with E-state index < -0.39 is 0 Å². The van der Waals surface area contributed by atoms with Gasteiger partial charge in [-0.25, -0.2) is 0 Å². The Hall–Kier alpha value is -0.0800. The van der Waals surface area contributed by atoms with Crippen molar-refractivity contribution in [2.24, 2.45) is 11.1 Å². The standard InChI is InChI=1S/C7H13NO/c8-6-1-4-9-5-7(6)2-3-7/h6H,1-5,8H2. The van der Waals surface area contributed by atoms with Crippen LogP contribution < -0.4 is 5.73 Å². The number of ether oxygens (including phenoxy) is 1. The molecule has 0 amide bonds. The summed E-state index contributed by atoms with van der Waals surface area (Å²) in [6, 6.07) is 0.436. The minimum absolute atomic E-state index is 0.436. The van der Waals surface area contributed by atoms with Crippen LogP contribution in [-0.2, 0) is 4.74 Å². The van der Waals surface area contributed by atoms with Crippen molar-refractivity contribution in [1.82, 2.24) is 0 Å². The maximum Gasteiger partial charge on any atom is 0.0537 e. The first kappa shape index (κ1) is 5.69. The van der Waals surface area contributed by atoms with Crippen LogP contribution >= 0.6 is 0 Å². The molecule has 1 aliphatic carbocycles. The Morgan fingerprint density at radius 1 is 1.44 bits per heavy atom. The average molecular weight is 127 g/mol. The van der Waals surface area contributed by atoms with Crippen LogP contribution in [0.1, 0.15) is 19.3 Å². The summed E-state index contributed by atoms with van der Waals surface area (Å²) < 4.78 is 5.34. The predicted molar refractivity (Wildman–Crippen MR) is 35.1 cm³/mol. The van der Waals surface area contributed by atoms with Crippen LogP contribution in [0.4, 0.5) is 0 Å². The van der Waals surface area contributed by atoms with E-state index in [4.69, 9.17) is 10.5 Å². The van der Waals surface area contributed by atoms with E-state index >= 15 is 0 Å². The molecular weight excluding hydrogens is 114 g/mol. The molecule has 2 N–H and O–H groups in total. The molecular formula is C7H13NO. The lowest BCUT2D eigenvalue weighted by Gasteiger charge is -2.28. The molecule has 1 saturated heterocycles. The summed E-state index contributed by atoms with van der Waals surface area (Å²) in [6.45, 7) is 1.80. The van der Waals surface area contributed by atoms with Crippen molar-refractivity contribution in [3.63, 3.8) is 0 Å². The highest BCUT2D eigenvalue weighted by Gasteiger charge is 2.49. The molecule has 0 aromatic rings. The van der Waals surface area contributed by atoms with Crippen LogP contribution in [0.3, 0.4) is 0 Å². The van der Waals surface area contributed by atoms with Gasteiger partial charge in [-0.3, -0.25) is 0 Å². The third-order valence-corrected chi connectivity index (χ3v) is 2.64. The van der Waals surface area contributed by atoms with Gasteiger partial charge in [0.25, 0.3) is 0 Å². The van der Waals surface area contributed by atoms with Crippen molar-refractivity contribution in [1.29, 1.82) is 0 Å². The van der Waals surface area contributed by atoms with Crippen LogP contribution in [0.5, 0.6) is 0 Å². The van der Waals surface area contributed by atoms with Crippen molar-refractivity contribution < 1.29 is 4.74 Å². The quantitative estimate of drug-likeness (QED) is 0.514. The maximum absolute atomic E-state index is 5.90. The molecule has 0 aromatic heterocycles. The van der Waals surface area contributed by atoms with Gasteiger partial charge in [-0.15, -0.1) is 0 Å². The van der Waals surface area contributed by atoms with Gasteiger partial charge in [0.2, 0.25) is 0 Å². The molecule has 1 unspecified atom stereocenters. The Bertz CT molecular complexity index is 120. The van der Waals surface area contributed by atoms with Crippen LogP contribution in [0.25, 0.3) is 0 Å². The average Bonchev–Trinajstić information content (AvgIpc) is 2.60. The largest absolute Gasteiger partial charge is 0.381 e. The van der Waals surface area contributed by atoms with Gasteiger partial charge < -0.3 is 10.5 Å². The molecule has 0 aromatic carbocycles. The topological polar surface area (TPSA) is 35.2 Å². The van der Waals surface area contributed by atoms with Gasteiger partial charge >= 0.3 is 0 Å². The van der Waals surface area contributed by atoms with E-state index in [0.717, 1.165) is 19.6 Å². The molecule has 2 aliphatic rings. The molecule has 1 aliphatic heterocycles. The molecule has 2 heteroatoms. The fourth-order valence-corrected chi connectivity index (χ4v) is 1.57. The monoisotopic (exact) mass is 127 g/mol. The van der Waals surface area contributed by atoms with Gasteiger partial charge in [0, 0.05) is 18.1 Å². The normalized spacial score (nSPS) is 39.0. The summed E-state index contributed by atoms with van der Waals surface area (Å²) >= 11 is 0. The van der Waals surface area contributed by atoms with E-state index in [0.29, 0.717) is 11.5 Å². The molecule has 1 atom stereocenters. The Balaban J connectivity index is 2.03. The van der Waals surface area contributed by atoms with Crippen LogP contribution in [-0.4, -0.2) is 19.3 Å². The summed E-state index contributed by atoms with van der Waals surface area (Å²) in [5.74, 6) is 0. The Kier molecular flexibility index (Phi) is 1.08. The highest BCUT2D eigenvalue weighted by atomic mass is 16.5. The fourth-order valence-electron chi connectivity index (χ4n) is 1.57. The lowest BCUT2D eigenvalue weighted by atomic mass is 9.94. The van der Waals surface area contributed by atoms with Gasteiger partial charge in [-0.05, 0) is 19.3 Å². The van der Waals surface area contributed by atoms with Crippen LogP contribution in [0, 0.1) is 5.41 Å². The van der Waals surface area contributed by atoms with Crippen LogP contribution in [0.2, 0.25) is 0 Å². The molecule has 0 bridgehead atoms. The second-order valence-corrected chi connectivity index (χ2v) is 3.31. The Morgan fingerprint density at radius 3 is 2.67 bits per heavy atom. The van der Waals surface area contributed by atoms with Crippen molar-refractivity contribution in [2.45, 2.75) is 25.3 Å². The number of rotatable bonds is 0. The molecule has 9 heavy (non-hydrogen) atoms. The van der Waals surface area contributed by atoms with E-state index in [1.165, 1.54) is 12.8 Å². The van der Waals surface area contributed by atoms with Crippen LogP contribution in [0.15, 0.2) is 0 Å². The molecule has 1 saturated carbocycles. The van der Waals surface area contributed by atoms with Gasteiger partial charge in [-0.1, -0.05) is 0 Å². The molecule has 52 valence electrons. The van der Waals surface area contributed by atoms with Crippen molar-refractivity contribution >= 4 is 0 Å². The first-order chi connectivity index (χ1) is 4.33. The van der Waals surface area contributed by atoms with E-state index in [-0.39, 0.29) is 0 Å². The van der Waals surface area contributed by atoms with Gasteiger partial charge in [0.05, 0.1) is 6.61 Å². The highest BCUT2D eigenvalue weighted by molar-refractivity contribution is 5.02. The molecule has 1 heterocycles. The maximum atomic E-state index is 5.90. The zero-order valence-electron chi connectivity index (χ0n) is 5.60. The smallest absolute Gasteiger partial charge is 0.0537 e. The highest BCUT2D eigenvalue weighted by Crippen LogP contribution is 2.50. The minimum Gasteiger partial charge on any atom is -0.381 e. The molecule has 2 fully saturated rings. The van der Waals surface area contributed by atoms with Crippen molar-refractivity contribution in [2.75, 3.05) is 13.2 Å². The van der Waals surface area contributed by atoms with Gasteiger partial charge in [0.1, 0.15) is 0 Å². The summed E-state index contributed by atoms with van der Waals surface area (Å²) in [4.78, 5) is 0. The molecule has 1 spiro atoms. The van der Waals surface area contributed by atoms with E-state index in [1.54, 1.807) is 0 Å². The number of nitrogens with two attached hydrogens (primary N) is 1. The first-order valence-electron chi connectivity index (χ1n) is 3.67. The molecule has 2 nitrogen and oxygen atoms in total. The molecule has 0 radical (unpaired) electrons. The van der Waals surface area contributed by atoms with Gasteiger partial charge in [-0.2, -0.15) is 0 Å². The number of hydrogen-bond acceptors (Lipinski definition) is 2. The van der Waals surface area contributed by atoms with Gasteiger partial charge in [0.15, 0.2) is 0 Å². The van der Waals surface area contributed by atoms with E-state index in [2.05, 4.69) is 0 Å². The minimum atomic E-state index is 0.436. The third kappa shape index (κ3) is 0.775. The lowest BCUT2D eigenvalue weighted by Crippen LogP contribution is -2.40. The zero-order valence-corrected chi connectivity index (χ0v) is 5.60. The summed E-state index contributed by atoms with van der Waals surface area (Å²) in [5.41, 5.74) is 6.34. The van der Waals surface area contributed by atoms with Crippen molar-refractivity contribution in [3.05, 3.63) is 0 Å². The summed E-state index contributed by atoms with van der Waals surface area (Å²) in [5, 5.41) is 0. The lowest BCUT2D eigenvalue weighted by molar-refractivity contribution is 0.0301. The van der Waals surface area contributed by atoms with E-state index in [1.807, 2.05) is 0 Å². The SMILES string of the molecule is NC1CCOCC12CC2. The Labute approximate surface area is 55.4 Å². The first-order valence-corrected chi connectivity index (χ1v) is 3.67. The second kappa shape index (κ2) is 1.70. The molecule has 2 rings (SSSR count). The zero-order chi connectivity index (χ0) is 6.32. The second-order valence-electron chi connectivity index (χ2n) is 3.31. The number of hydrogen-bond donors (Lipinski definition) is 1. The summed E-state index contributed by atoms with van der Waals surface area (Å²) in [6.07, 6.45) is 3.67. The third-order valence-electron chi connectivity index (χ3n) is 2.64. The van der Waals surface area contributed by atoms with E-state index in [9.17, 15) is 0 Å². The summed E-state index contributed by atoms with van der Waals surface area (Å²) in [7, 11) is 0. The Morgan fingerprint density at radius 2 is 2.22 bits per heavy atom. The predicted octanol–water partition coefficient (Wildman–Crippen LogP) is 0.514. The van der Waals surface area contributed by atoms with Crippen molar-refractivity contribution in [3.8, 4) is 0 Å².